The minimum atomic E-state index is 0. The number of benzene rings is 1. The highest BCUT2D eigenvalue weighted by atomic mass is 127. The van der Waals surface area contributed by atoms with Crippen LogP contribution in [0.25, 0.3) is 0 Å². The molecule has 2 aliphatic rings. The Bertz CT molecular complexity index is 862. The van der Waals surface area contributed by atoms with Crippen LogP contribution in [0.2, 0.25) is 5.02 Å². The molecule has 0 bridgehead atoms. The van der Waals surface area contributed by atoms with Gasteiger partial charge in [-0.2, -0.15) is 0 Å². The van der Waals surface area contributed by atoms with E-state index in [9.17, 15) is 0 Å². The third kappa shape index (κ3) is 5.37. The minimum absolute atomic E-state index is 0. The number of guanidine groups is 1. The average molecular weight is 545 g/mol. The molecule has 0 unspecified atom stereocenters. The van der Waals surface area contributed by atoms with Gasteiger partial charge in [-0.3, -0.25) is 4.99 Å². The predicted molar refractivity (Wildman–Crippen MR) is 129 cm³/mol. The number of piperazine rings is 1. The van der Waals surface area contributed by atoms with Crippen molar-refractivity contribution in [3.63, 3.8) is 0 Å². The highest BCUT2D eigenvalue weighted by Crippen LogP contribution is 2.38. The molecule has 1 aromatic heterocycles. The Morgan fingerprint density at radius 2 is 1.87 bits per heavy atom. The quantitative estimate of drug-likeness (QED) is 0.360. The Kier molecular flexibility index (Phi) is 8.20. The monoisotopic (exact) mass is 544 g/mol. The van der Waals surface area contributed by atoms with E-state index in [1.54, 1.807) is 12.4 Å². The number of anilines is 1. The number of hydrogen-bond acceptors (Lipinski definition) is 6. The van der Waals surface area contributed by atoms with Gasteiger partial charge in [0.05, 0.1) is 5.02 Å². The zero-order chi connectivity index (χ0) is 20.1. The zero-order valence-electron chi connectivity index (χ0n) is 16.9. The van der Waals surface area contributed by atoms with Crippen LogP contribution in [0.5, 0.6) is 11.5 Å². The predicted octanol–water partition coefficient (Wildman–Crippen LogP) is 2.46. The van der Waals surface area contributed by atoms with Gasteiger partial charge < -0.3 is 24.6 Å². The standard InChI is InChI=1S/C20H25ClN6O2.HI/c1-22-19(26-7-9-27(10-8-26)20-23-4-2-5-24-20)25-6-3-15-13-16(21)18-17(14-15)28-11-12-29-18;/h2,4-5,13-14H,3,6-12H2,1H3,(H,22,25);1H. The second-order valence-electron chi connectivity index (χ2n) is 6.85. The summed E-state index contributed by atoms with van der Waals surface area (Å²) < 4.78 is 11.2. The summed E-state index contributed by atoms with van der Waals surface area (Å²) in [4.78, 5) is 17.6. The molecular formula is C20H26ClIN6O2. The van der Waals surface area contributed by atoms with Gasteiger partial charge in [-0.05, 0) is 30.2 Å². The Hall–Kier alpha value is -2.01. The van der Waals surface area contributed by atoms with Crippen molar-refractivity contribution in [2.24, 2.45) is 4.99 Å². The van der Waals surface area contributed by atoms with Crippen LogP contribution in [-0.4, -0.2) is 73.8 Å². The topological polar surface area (TPSA) is 75.1 Å². The Morgan fingerprint density at radius 3 is 2.60 bits per heavy atom. The molecule has 0 saturated carbocycles. The first-order valence-corrected chi connectivity index (χ1v) is 10.2. The van der Waals surface area contributed by atoms with Crippen LogP contribution in [-0.2, 0) is 6.42 Å². The smallest absolute Gasteiger partial charge is 0.225 e. The van der Waals surface area contributed by atoms with E-state index in [1.807, 2.05) is 25.2 Å². The Balaban J connectivity index is 0.00000256. The summed E-state index contributed by atoms with van der Waals surface area (Å²) in [5, 5.41) is 4.05. The van der Waals surface area contributed by atoms with Gasteiger partial charge in [0.15, 0.2) is 17.5 Å². The molecule has 1 saturated heterocycles. The van der Waals surface area contributed by atoms with E-state index in [4.69, 9.17) is 21.1 Å². The molecule has 3 heterocycles. The lowest BCUT2D eigenvalue weighted by atomic mass is 10.1. The van der Waals surface area contributed by atoms with Crippen LogP contribution < -0.4 is 19.7 Å². The number of nitrogens with zero attached hydrogens (tertiary/aromatic N) is 5. The number of rotatable bonds is 4. The van der Waals surface area contributed by atoms with Crippen molar-refractivity contribution in [1.29, 1.82) is 0 Å². The maximum atomic E-state index is 6.33. The van der Waals surface area contributed by atoms with Crippen molar-refractivity contribution in [3.05, 3.63) is 41.2 Å². The van der Waals surface area contributed by atoms with E-state index in [1.165, 1.54) is 0 Å². The van der Waals surface area contributed by atoms with Gasteiger partial charge in [0.2, 0.25) is 5.95 Å². The number of aliphatic imine (C=N–C) groups is 1. The first-order valence-electron chi connectivity index (χ1n) is 9.80. The van der Waals surface area contributed by atoms with Gasteiger partial charge in [0, 0.05) is 52.2 Å². The molecule has 0 amide bonds. The lowest BCUT2D eigenvalue weighted by molar-refractivity contribution is 0.171. The van der Waals surface area contributed by atoms with Crippen molar-refractivity contribution < 1.29 is 9.47 Å². The van der Waals surface area contributed by atoms with Crippen LogP contribution in [0.1, 0.15) is 5.56 Å². The third-order valence-corrected chi connectivity index (χ3v) is 5.26. The van der Waals surface area contributed by atoms with Crippen molar-refractivity contribution in [3.8, 4) is 11.5 Å². The van der Waals surface area contributed by atoms with Crippen LogP contribution in [0.3, 0.4) is 0 Å². The summed E-state index contributed by atoms with van der Waals surface area (Å²) in [6.07, 6.45) is 4.37. The summed E-state index contributed by atoms with van der Waals surface area (Å²) in [5.41, 5.74) is 1.10. The molecule has 10 heteroatoms. The summed E-state index contributed by atoms with van der Waals surface area (Å²) in [6.45, 7) is 5.31. The third-order valence-electron chi connectivity index (χ3n) is 4.98. The van der Waals surface area contributed by atoms with E-state index >= 15 is 0 Å². The summed E-state index contributed by atoms with van der Waals surface area (Å²) in [6, 6.07) is 5.78. The van der Waals surface area contributed by atoms with Crippen molar-refractivity contribution in [2.45, 2.75) is 6.42 Å². The molecule has 1 fully saturated rings. The number of ether oxygens (including phenoxy) is 2. The van der Waals surface area contributed by atoms with Gasteiger partial charge >= 0.3 is 0 Å². The van der Waals surface area contributed by atoms with Gasteiger partial charge in [0.1, 0.15) is 13.2 Å². The summed E-state index contributed by atoms with van der Waals surface area (Å²) in [7, 11) is 1.82. The fourth-order valence-corrected chi connectivity index (χ4v) is 3.82. The van der Waals surface area contributed by atoms with Crippen LogP contribution in [0.4, 0.5) is 5.95 Å². The first kappa shape index (κ1) is 22.7. The van der Waals surface area contributed by atoms with Gasteiger partial charge in [-0.15, -0.1) is 24.0 Å². The fourth-order valence-electron chi connectivity index (χ4n) is 3.53. The van der Waals surface area contributed by atoms with E-state index < -0.39 is 0 Å². The molecule has 0 atom stereocenters. The maximum absolute atomic E-state index is 6.33. The second-order valence-corrected chi connectivity index (χ2v) is 7.26. The Labute approximate surface area is 198 Å². The number of nitrogens with one attached hydrogen (secondary N) is 1. The van der Waals surface area contributed by atoms with Crippen molar-refractivity contribution in [2.75, 3.05) is 57.9 Å². The van der Waals surface area contributed by atoms with E-state index in [-0.39, 0.29) is 24.0 Å². The number of aromatic nitrogens is 2. The van der Waals surface area contributed by atoms with Gasteiger partial charge in [-0.25, -0.2) is 9.97 Å². The molecule has 30 heavy (non-hydrogen) atoms. The normalized spacial score (nSPS) is 16.1. The van der Waals surface area contributed by atoms with E-state index in [0.717, 1.165) is 62.4 Å². The SMILES string of the molecule is CN=C(NCCc1cc(Cl)c2c(c1)OCCO2)N1CCN(c2ncccn2)CC1.I. The molecule has 2 aromatic rings. The van der Waals surface area contributed by atoms with Crippen molar-refractivity contribution in [1.82, 2.24) is 20.2 Å². The minimum Gasteiger partial charge on any atom is -0.486 e. The molecule has 0 aliphatic carbocycles. The van der Waals surface area contributed by atoms with Crippen LogP contribution in [0.15, 0.2) is 35.6 Å². The fraction of sp³-hybridized carbons (Fsp3) is 0.450. The highest BCUT2D eigenvalue weighted by Gasteiger charge is 2.21. The largest absolute Gasteiger partial charge is 0.486 e. The molecule has 162 valence electrons. The molecule has 1 aromatic carbocycles. The van der Waals surface area contributed by atoms with Gasteiger partial charge in [-0.1, -0.05) is 11.6 Å². The lowest BCUT2D eigenvalue weighted by Crippen LogP contribution is -2.53. The highest BCUT2D eigenvalue weighted by molar-refractivity contribution is 14.0. The zero-order valence-corrected chi connectivity index (χ0v) is 20.0. The maximum Gasteiger partial charge on any atom is 0.225 e. The average Bonchev–Trinajstić information content (AvgIpc) is 2.78. The molecule has 8 nitrogen and oxygen atoms in total. The molecule has 2 aliphatic heterocycles. The molecule has 0 radical (unpaired) electrons. The Morgan fingerprint density at radius 1 is 1.13 bits per heavy atom. The van der Waals surface area contributed by atoms with Crippen LogP contribution >= 0.6 is 35.6 Å². The van der Waals surface area contributed by atoms with Crippen molar-refractivity contribution >= 4 is 47.5 Å². The lowest BCUT2D eigenvalue weighted by Gasteiger charge is -2.36. The molecule has 0 spiro atoms. The summed E-state index contributed by atoms with van der Waals surface area (Å²) >= 11 is 6.33. The molecule has 1 N–H and O–H groups in total. The molecular weight excluding hydrogens is 519 g/mol. The van der Waals surface area contributed by atoms with Gasteiger partial charge in [0.25, 0.3) is 0 Å². The molecule has 4 rings (SSSR count). The second kappa shape index (κ2) is 10.9. The number of hydrogen-bond donors (Lipinski definition) is 1. The first-order chi connectivity index (χ1) is 14.2. The number of halogens is 2. The van der Waals surface area contributed by atoms with Crippen LogP contribution in [0, 0.1) is 0 Å². The number of fused-ring (bicyclic) bond motifs is 1. The van der Waals surface area contributed by atoms with E-state index in [2.05, 4.69) is 30.1 Å². The van der Waals surface area contributed by atoms with E-state index in [0.29, 0.717) is 24.0 Å². The summed E-state index contributed by atoms with van der Waals surface area (Å²) in [5.74, 6) is 3.06.